The molecule has 0 spiro atoms. The molecule has 0 unspecified atom stereocenters. The molecule has 1 aromatic carbocycles. The Morgan fingerprint density at radius 3 is 1.64 bits per heavy atom. The molecule has 0 aliphatic rings. The molecule has 1 aromatic rings. The number of carboxylic acids is 1. The van der Waals surface area contributed by atoms with Gasteiger partial charge in [-0.15, -0.1) is 0 Å². The van der Waals surface area contributed by atoms with E-state index in [-0.39, 0.29) is 5.56 Å². The predicted octanol–water partition coefficient (Wildman–Crippen LogP) is 1.77. The molecule has 1 rings (SSSR count). The number of carbonyl (C=O) groups is 1. The second kappa shape index (κ2) is 7.61. The number of halogens is 3. The van der Waals surface area contributed by atoms with E-state index in [1.165, 1.54) is 0 Å². The van der Waals surface area contributed by atoms with Crippen LogP contribution in [0.25, 0.3) is 0 Å². The van der Waals surface area contributed by atoms with E-state index >= 15 is 0 Å². The lowest BCUT2D eigenvalue weighted by Gasteiger charge is -2.38. The number of benzene rings is 1. The molecule has 0 saturated carbocycles. The monoisotopic (exact) mass is 385 g/mol. The molecular formula is C15H22F3NO5S. The normalized spacial score (nSPS) is 12.8. The van der Waals surface area contributed by atoms with Crippen LogP contribution in [-0.2, 0) is 10.1 Å². The highest BCUT2D eigenvalue weighted by Gasteiger charge is 2.48. The Kier molecular flexibility index (Phi) is 7.06. The van der Waals surface area contributed by atoms with E-state index in [0.29, 0.717) is 5.54 Å². The van der Waals surface area contributed by atoms with E-state index in [4.69, 9.17) is 0 Å². The van der Waals surface area contributed by atoms with Crippen molar-refractivity contribution in [2.24, 2.45) is 0 Å². The molecule has 10 heteroatoms. The Morgan fingerprint density at radius 1 is 1.04 bits per heavy atom. The maximum atomic E-state index is 11.9. The Balaban J connectivity index is 0.000000609. The second-order valence-corrected chi connectivity index (χ2v) is 8.52. The van der Waals surface area contributed by atoms with Gasteiger partial charge in [-0.25, -0.2) is 0 Å². The van der Waals surface area contributed by atoms with Gasteiger partial charge in [-0.05, 0) is 50.6 Å². The van der Waals surface area contributed by atoms with E-state index in [1.807, 2.05) is 0 Å². The van der Waals surface area contributed by atoms with Gasteiger partial charge in [0.25, 0.3) is 0 Å². The molecule has 25 heavy (non-hydrogen) atoms. The minimum absolute atomic E-state index is 0.318. The van der Waals surface area contributed by atoms with E-state index < -0.39 is 27.3 Å². The third-order valence-electron chi connectivity index (χ3n) is 3.59. The maximum absolute atomic E-state index is 11.9. The van der Waals surface area contributed by atoms with Gasteiger partial charge in [-0.3, -0.25) is 0 Å². The lowest BCUT2D eigenvalue weighted by molar-refractivity contribution is -0.917. The molecule has 6 nitrogen and oxygen atoms in total. The van der Waals surface area contributed by atoms with Crippen LogP contribution in [0.15, 0.2) is 24.3 Å². The van der Waals surface area contributed by atoms with Crippen LogP contribution in [0.1, 0.15) is 31.1 Å². The average Bonchev–Trinajstić information content (AvgIpc) is 2.35. The minimum atomic E-state index is -5.75. The summed E-state index contributed by atoms with van der Waals surface area (Å²) in [6, 6.07) is 3.26. The van der Waals surface area contributed by atoms with Gasteiger partial charge in [0.15, 0.2) is 0 Å². The largest absolute Gasteiger partial charge is 0.545 e. The highest BCUT2D eigenvalue weighted by molar-refractivity contribution is 7.88. The molecule has 0 bridgehead atoms. The summed E-state index contributed by atoms with van der Waals surface area (Å²) in [5.74, 6) is -2.19. The van der Waals surface area contributed by atoms with Gasteiger partial charge in [0.2, 0.25) is 0 Å². The zero-order valence-corrected chi connectivity index (χ0v) is 15.7. The number of hydrogen-bond donors (Lipinski definition) is 0. The van der Waals surface area contributed by atoms with Crippen molar-refractivity contribution in [1.29, 1.82) is 0 Å². The third-order valence-corrected chi connectivity index (χ3v) is 4.57. The minimum Gasteiger partial charge on any atom is -0.545 e. The van der Waals surface area contributed by atoms with Crippen molar-refractivity contribution in [1.82, 2.24) is 0 Å². The summed E-state index contributed by atoms with van der Waals surface area (Å²) in [4.78, 5) is 10.3. The Morgan fingerprint density at radius 2 is 1.40 bits per heavy atom. The molecule has 0 aliphatic heterocycles. The van der Waals surface area contributed by atoms with Crippen LogP contribution in [0.4, 0.5) is 13.2 Å². The number of aromatic carboxylic acids is 1. The van der Waals surface area contributed by atoms with Gasteiger partial charge in [0, 0.05) is 0 Å². The van der Waals surface area contributed by atoms with Gasteiger partial charge in [0.1, 0.15) is 5.75 Å². The number of carbonyl (C=O) groups excluding carboxylic acids is 1. The van der Waals surface area contributed by atoms with Crippen LogP contribution in [-0.4, -0.2) is 51.1 Å². The van der Waals surface area contributed by atoms with Crippen molar-refractivity contribution in [2.45, 2.75) is 31.8 Å². The summed E-state index contributed by atoms with van der Waals surface area (Å²) in [6.45, 7) is 6.73. The molecule has 0 aromatic heterocycles. The number of quaternary nitrogens is 1. The number of hydrogen-bond acceptors (Lipinski definition) is 5. The highest BCUT2D eigenvalue weighted by Crippen LogP contribution is 2.26. The van der Waals surface area contributed by atoms with Crippen molar-refractivity contribution in [3.8, 4) is 5.75 Å². The molecule has 0 saturated heterocycles. The molecule has 0 amide bonds. The molecule has 0 radical (unpaired) electrons. The standard InChI is InChI=1S/C8H5F3O5S.C7H18N/c9-8(10,11)17(14,15)16-6-3-1-5(2-4-6)7(12)13;1-7(2,3)8(4,5)6/h1-4H,(H,12,13);1-6H3/q;+1/p-1. The lowest BCUT2D eigenvalue weighted by atomic mass is 10.1. The van der Waals surface area contributed by atoms with E-state index in [0.717, 1.165) is 28.7 Å². The summed E-state index contributed by atoms with van der Waals surface area (Å²) in [5, 5.41) is 10.3. The van der Waals surface area contributed by atoms with Gasteiger partial charge in [0.05, 0.1) is 32.7 Å². The first-order chi connectivity index (χ1) is 10.9. The number of nitrogens with zero attached hydrogens (tertiary/aromatic N) is 1. The lowest BCUT2D eigenvalue weighted by Crippen LogP contribution is -2.50. The molecule has 0 fully saturated rings. The van der Waals surface area contributed by atoms with Crippen LogP contribution in [0.2, 0.25) is 0 Å². The van der Waals surface area contributed by atoms with Crippen molar-refractivity contribution < 1.29 is 40.2 Å². The van der Waals surface area contributed by atoms with Crippen molar-refractivity contribution in [2.75, 3.05) is 21.1 Å². The summed E-state index contributed by atoms with van der Waals surface area (Å²) in [6.07, 6.45) is 0. The molecule has 0 atom stereocenters. The van der Waals surface area contributed by atoms with Crippen LogP contribution in [0.5, 0.6) is 5.75 Å². The first-order valence-electron chi connectivity index (χ1n) is 7.02. The summed E-state index contributed by atoms with van der Waals surface area (Å²) < 4.78 is 61.6. The summed E-state index contributed by atoms with van der Waals surface area (Å²) >= 11 is 0. The first-order valence-corrected chi connectivity index (χ1v) is 8.43. The maximum Gasteiger partial charge on any atom is 0.534 e. The van der Waals surface area contributed by atoms with E-state index in [1.54, 1.807) is 0 Å². The Labute approximate surface area is 145 Å². The van der Waals surface area contributed by atoms with Crippen LogP contribution < -0.4 is 9.29 Å². The number of carboxylic acid groups (broad SMARTS) is 1. The van der Waals surface area contributed by atoms with Crippen LogP contribution in [0, 0.1) is 0 Å². The number of alkyl halides is 3. The van der Waals surface area contributed by atoms with Gasteiger partial charge < -0.3 is 18.6 Å². The molecular weight excluding hydrogens is 363 g/mol. The summed E-state index contributed by atoms with van der Waals surface area (Å²) in [5.41, 5.74) is -5.48. The Bertz CT molecular complexity index is 672. The van der Waals surface area contributed by atoms with Crippen molar-refractivity contribution in [3.63, 3.8) is 0 Å². The van der Waals surface area contributed by atoms with Crippen LogP contribution in [0.3, 0.4) is 0 Å². The Hall–Kier alpha value is -1.81. The smallest absolute Gasteiger partial charge is 0.534 e. The molecule has 0 heterocycles. The predicted molar refractivity (Wildman–Crippen MR) is 84.2 cm³/mol. The van der Waals surface area contributed by atoms with Crippen molar-refractivity contribution in [3.05, 3.63) is 29.8 Å². The van der Waals surface area contributed by atoms with Gasteiger partial charge in [-0.2, -0.15) is 21.6 Å². The average molecular weight is 385 g/mol. The zero-order valence-electron chi connectivity index (χ0n) is 14.8. The van der Waals surface area contributed by atoms with Gasteiger partial charge >= 0.3 is 15.6 Å². The quantitative estimate of drug-likeness (QED) is 0.450. The van der Waals surface area contributed by atoms with E-state index in [9.17, 15) is 31.5 Å². The van der Waals surface area contributed by atoms with Crippen LogP contribution >= 0.6 is 0 Å². The topological polar surface area (TPSA) is 83.5 Å². The first kappa shape index (κ1) is 23.2. The van der Waals surface area contributed by atoms with Gasteiger partial charge in [-0.1, -0.05) is 0 Å². The molecule has 144 valence electrons. The third kappa shape index (κ3) is 7.30. The second-order valence-electron chi connectivity index (χ2n) is 6.98. The van der Waals surface area contributed by atoms with Crippen molar-refractivity contribution >= 4 is 16.1 Å². The summed E-state index contributed by atoms with van der Waals surface area (Å²) in [7, 11) is 0.878. The molecule has 0 aliphatic carbocycles. The fourth-order valence-corrected chi connectivity index (χ4v) is 1.28. The fraction of sp³-hybridized carbons (Fsp3) is 0.533. The molecule has 0 N–H and O–H groups in total. The highest BCUT2D eigenvalue weighted by atomic mass is 32.2. The zero-order chi connectivity index (χ0) is 20.3. The van der Waals surface area contributed by atoms with E-state index in [2.05, 4.69) is 46.1 Å². The fourth-order valence-electron chi connectivity index (χ4n) is 0.820. The SMILES string of the molecule is CC(C)(C)[N+](C)(C)C.O=C([O-])c1ccc(OS(=O)(=O)C(F)(F)F)cc1. The number of rotatable bonds is 3.